The van der Waals surface area contributed by atoms with Gasteiger partial charge in [-0.25, -0.2) is 4.79 Å². The molecule has 0 spiro atoms. The van der Waals surface area contributed by atoms with Gasteiger partial charge in [-0.15, -0.1) is 11.3 Å². The number of fused-ring (bicyclic) bond motifs is 2. The molecular formula is C22H22N2O4S. The summed E-state index contributed by atoms with van der Waals surface area (Å²) in [5.74, 6) is -0.872. The van der Waals surface area contributed by atoms with Crippen molar-refractivity contribution in [1.29, 1.82) is 5.41 Å². The molecule has 0 bridgehead atoms. The van der Waals surface area contributed by atoms with Gasteiger partial charge < -0.3 is 14.5 Å². The number of hydrogen-bond donors (Lipinski definition) is 2. The number of hydrogen-bond acceptors (Lipinski definition) is 6. The molecule has 2 aromatic heterocycles. The van der Waals surface area contributed by atoms with E-state index in [4.69, 9.17) is 14.6 Å². The van der Waals surface area contributed by atoms with E-state index in [0.29, 0.717) is 16.1 Å². The van der Waals surface area contributed by atoms with E-state index in [1.165, 1.54) is 11.3 Å². The van der Waals surface area contributed by atoms with Crippen LogP contribution < -0.4 is 10.9 Å². The summed E-state index contributed by atoms with van der Waals surface area (Å²) in [4.78, 5) is 26.7. The van der Waals surface area contributed by atoms with Gasteiger partial charge in [0.2, 0.25) is 5.55 Å². The molecule has 1 aliphatic rings. The number of amides is 1. The molecule has 1 aliphatic carbocycles. The van der Waals surface area contributed by atoms with Gasteiger partial charge in [0.1, 0.15) is 16.1 Å². The van der Waals surface area contributed by atoms with Crippen LogP contribution in [0.4, 0.5) is 5.00 Å². The SMILES string of the molecule is CCOC(=O)c1c(NC(=O)c2cc3ccccc3oc2=N)sc2c1CCCCC2. The topological polar surface area (TPSA) is 92.4 Å². The van der Waals surface area contributed by atoms with Crippen LogP contribution in [-0.4, -0.2) is 18.5 Å². The smallest absolute Gasteiger partial charge is 0.341 e. The summed E-state index contributed by atoms with van der Waals surface area (Å²) in [7, 11) is 0. The standard InChI is InChI=1S/C22H22N2O4S/c1-2-27-22(26)18-14-9-4-3-5-11-17(14)29-21(18)24-20(25)15-12-13-8-6-7-10-16(13)28-19(15)23/h6-8,10,12,23H,2-5,9,11H2,1H3,(H,24,25). The first-order valence-electron chi connectivity index (χ1n) is 9.79. The Labute approximate surface area is 172 Å². The number of ether oxygens (including phenoxy) is 1. The van der Waals surface area contributed by atoms with Crippen LogP contribution in [0, 0.1) is 5.41 Å². The Bertz CT molecular complexity index is 1150. The van der Waals surface area contributed by atoms with E-state index in [0.717, 1.165) is 47.9 Å². The molecule has 1 amide bonds. The molecule has 3 aromatic rings. The van der Waals surface area contributed by atoms with E-state index in [-0.39, 0.29) is 17.7 Å². The minimum atomic E-state index is -0.466. The van der Waals surface area contributed by atoms with Crippen molar-refractivity contribution < 1.29 is 18.7 Å². The van der Waals surface area contributed by atoms with E-state index in [2.05, 4.69) is 5.32 Å². The Morgan fingerprint density at radius 3 is 2.83 bits per heavy atom. The maximum Gasteiger partial charge on any atom is 0.341 e. The van der Waals surface area contributed by atoms with Gasteiger partial charge in [0, 0.05) is 10.3 Å². The molecule has 7 heteroatoms. The van der Waals surface area contributed by atoms with Crippen molar-refractivity contribution in [1.82, 2.24) is 0 Å². The quantitative estimate of drug-likeness (QED) is 0.483. The normalized spacial score (nSPS) is 13.6. The highest BCUT2D eigenvalue weighted by molar-refractivity contribution is 7.17. The van der Waals surface area contributed by atoms with Crippen LogP contribution in [-0.2, 0) is 17.6 Å². The molecular weight excluding hydrogens is 388 g/mol. The Hall–Kier alpha value is -2.93. The lowest BCUT2D eigenvalue weighted by Crippen LogP contribution is -2.21. The van der Waals surface area contributed by atoms with Crippen LogP contribution in [0.15, 0.2) is 34.7 Å². The predicted molar refractivity (Wildman–Crippen MR) is 112 cm³/mol. The molecule has 0 radical (unpaired) electrons. The number of anilines is 1. The minimum absolute atomic E-state index is 0.127. The van der Waals surface area contributed by atoms with Crippen LogP contribution in [0.3, 0.4) is 0 Å². The second-order valence-corrected chi connectivity index (χ2v) is 8.08. The summed E-state index contributed by atoms with van der Waals surface area (Å²) in [5.41, 5.74) is 1.92. The minimum Gasteiger partial charge on any atom is -0.462 e. The Morgan fingerprint density at radius 1 is 1.21 bits per heavy atom. The average Bonchev–Trinajstić information content (AvgIpc) is 2.88. The fourth-order valence-electron chi connectivity index (χ4n) is 3.67. The molecule has 0 atom stereocenters. The number of benzene rings is 1. The zero-order chi connectivity index (χ0) is 20.4. The van der Waals surface area contributed by atoms with Crippen LogP contribution in [0.25, 0.3) is 11.0 Å². The van der Waals surface area contributed by atoms with Crippen molar-refractivity contribution >= 4 is 39.2 Å². The average molecular weight is 410 g/mol. The molecule has 0 fully saturated rings. The first kappa shape index (κ1) is 19.4. The molecule has 0 saturated heterocycles. The fraction of sp³-hybridized carbons (Fsp3) is 0.318. The first-order valence-corrected chi connectivity index (χ1v) is 10.6. The number of rotatable bonds is 4. The lowest BCUT2D eigenvalue weighted by atomic mass is 10.1. The largest absolute Gasteiger partial charge is 0.462 e. The second kappa shape index (κ2) is 8.21. The Kier molecular flexibility index (Phi) is 5.49. The number of carbonyl (C=O) groups is 2. The van der Waals surface area contributed by atoms with Gasteiger partial charge in [-0.3, -0.25) is 10.2 Å². The number of carbonyl (C=O) groups excluding carboxylic acids is 2. The first-order chi connectivity index (χ1) is 14.1. The highest BCUT2D eigenvalue weighted by atomic mass is 32.1. The molecule has 0 unspecified atom stereocenters. The lowest BCUT2D eigenvalue weighted by molar-refractivity contribution is 0.0527. The summed E-state index contributed by atoms with van der Waals surface area (Å²) >= 11 is 1.44. The second-order valence-electron chi connectivity index (χ2n) is 6.97. The van der Waals surface area contributed by atoms with Crippen molar-refractivity contribution in [2.75, 3.05) is 11.9 Å². The van der Waals surface area contributed by atoms with E-state index >= 15 is 0 Å². The zero-order valence-electron chi connectivity index (χ0n) is 16.2. The van der Waals surface area contributed by atoms with E-state index in [1.54, 1.807) is 19.1 Å². The molecule has 0 saturated carbocycles. The number of thiophene rings is 1. The fourth-order valence-corrected chi connectivity index (χ4v) is 4.94. The summed E-state index contributed by atoms with van der Waals surface area (Å²) < 4.78 is 10.7. The van der Waals surface area contributed by atoms with E-state index < -0.39 is 11.9 Å². The van der Waals surface area contributed by atoms with Crippen molar-refractivity contribution in [2.45, 2.75) is 39.0 Å². The molecule has 2 N–H and O–H groups in total. The van der Waals surface area contributed by atoms with Crippen LogP contribution in [0.2, 0.25) is 0 Å². The number of aryl methyl sites for hydroxylation is 1. The Morgan fingerprint density at radius 2 is 2.00 bits per heavy atom. The molecule has 4 rings (SSSR count). The molecule has 1 aromatic carbocycles. The van der Waals surface area contributed by atoms with Crippen LogP contribution in [0.5, 0.6) is 0 Å². The van der Waals surface area contributed by atoms with Crippen molar-refractivity contribution in [2.24, 2.45) is 0 Å². The summed E-state index contributed by atoms with van der Waals surface area (Å²) in [5, 5.41) is 12.2. The van der Waals surface area contributed by atoms with Gasteiger partial charge in [0.15, 0.2) is 0 Å². The van der Waals surface area contributed by atoms with E-state index in [1.807, 2.05) is 18.2 Å². The number of para-hydroxylation sites is 1. The molecule has 0 aliphatic heterocycles. The Balaban J connectivity index is 1.72. The highest BCUT2D eigenvalue weighted by Gasteiger charge is 2.27. The third-order valence-corrected chi connectivity index (χ3v) is 6.26. The van der Waals surface area contributed by atoms with Crippen molar-refractivity contribution in [3.05, 3.63) is 57.5 Å². The predicted octanol–water partition coefficient (Wildman–Crippen LogP) is 4.67. The lowest BCUT2D eigenvalue weighted by Gasteiger charge is -2.09. The van der Waals surface area contributed by atoms with Gasteiger partial charge in [-0.05, 0) is 50.3 Å². The maximum atomic E-state index is 13.0. The third-order valence-electron chi connectivity index (χ3n) is 5.05. The van der Waals surface area contributed by atoms with Gasteiger partial charge in [0.05, 0.1) is 12.2 Å². The zero-order valence-corrected chi connectivity index (χ0v) is 17.0. The third kappa shape index (κ3) is 3.82. The van der Waals surface area contributed by atoms with E-state index in [9.17, 15) is 9.59 Å². The number of nitrogens with one attached hydrogen (secondary N) is 2. The van der Waals surface area contributed by atoms with Gasteiger partial charge >= 0.3 is 5.97 Å². The van der Waals surface area contributed by atoms with Crippen molar-refractivity contribution in [3.63, 3.8) is 0 Å². The summed E-state index contributed by atoms with van der Waals surface area (Å²) in [6.07, 6.45) is 4.93. The van der Waals surface area contributed by atoms with Crippen molar-refractivity contribution in [3.8, 4) is 0 Å². The van der Waals surface area contributed by atoms with Gasteiger partial charge in [-0.1, -0.05) is 24.6 Å². The van der Waals surface area contributed by atoms with Gasteiger partial charge in [-0.2, -0.15) is 0 Å². The molecule has 6 nitrogen and oxygen atoms in total. The summed E-state index contributed by atoms with van der Waals surface area (Å²) in [6, 6.07) is 8.88. The van der Waals surface area contributed by atoms with Crippen LogP contribution in [0.1, 0.15) is 57.3 Å². The van der Waals surface area contributed by atoms with Gasteiger partial charge in [0.25, 0.3) is 5.91 Å². The molecule has 29 heavy (non-hydrogen) atoms. The monoisotopic (exact) mass is 410 g/mol. The molecule has 2 heterocycles. The van der Waals surface area contributed by atoms with Crippen LogP contribution >= 0.6 is 11.3 Å². The highest BCUT2D eigenvalue weighted by Crippen LogP contribution is 2.38. The maximum absolute atomic E-state index is 13.0. The summed E-state index contributed by atoms with van der Waals surface area (Å²) in [6.45, 7) is 2.04. The number of esters is 1. The molecule has 150 valence electrons.